The molecule has 154 valence electrons. The summed E-state index contributed by atoms with van der Waals surface area (Å²) in [6, 6.07) is 9.45. The minimum absolute atomic E-state index is 0. The number of carbonyl (C=O) groups excluding carboxylic acids is 1. The van der Waals surface area contributed by atoms with Gasteiger partial charge in [0.15, 0.2) is 0 Å². The van der Waals surface area contributed by atoms with E-state index in [-0.39, 0.29) is 62.0 Å². The van der Waals surface area contributed by atoms with Gasteiger partial charge < -0.3 is 20.0 Å². The first-order valence-corrected chi connectivity index (χ1v) is 11.5. The molecule has 1 amide bonds. The normalized spacial score (nSPS) is 15.8. The Kier molecular flexibility index (Phi) is 9.75. The van der Waals surface area contributed by atoms with Crippen LogP contribution in [0.1, 0.15) is 53.9 Å². The predicted molar refractivity (Wildman–Crippen MR) is 117 cm³/mol. The Bertz CT molecular complexity index is 921. The molecule has 6 nitrogen and oxygen atoms in total. The zero-order valence-corrected chi connectivity index (χ0v) is 22.7. The number of nitrogens with zero attached hydrogens (tertiary/aromatic N) is 5. The predicted octanol–water partition coefficient (Wildman–Crippen LogP) is 1.95. The molecule has 9 heteroatoms. The van der Waals surface area contributed by atoms with Crippen LogP contribution in [0.25, 0.3) is 5.32 Å². The molecule has 2 aromatic rings. The van der Waals surface area contributed by atoms with Crippen LogP contribution in [0.5, 0.6) is 0 Å². The molecular weight excluding hydrogens is 445 g/mol. The van der Waals surface area contributed by atoms with Gasteiger partial charge in [0, 0.05) is 24.9 Å². The summed E-state index contributed by atoms with van der Waals surface area (Å²) in [6.07, 6.45) is 2.88. The van der Waals surface area contributed by atoms with Crippen LogP contribution in [0, 0.1) is 11.3 Å². The monoisotopic (exact) mass is 469 g/mol. The van der Waals surface area contributed by atoms with E-state index in [1.54, 1.807) is 23.9 Å². The third-order valence-electron chi connectivity index (χ3n) is 5.19. The number of benzene rings is 1. The maximum Gasteiger partial charge on any atom is 1.00 e. The van der Waals surface area contributed by atoms with Crippen molar-refractivity contribution >= 4 is 33.4 Å². The van der Waals surface area contributed by atoms with E-state index >= 15 is 0 Å². The molecule has 1 aliphatic heterocycles. The number of amides is 1. The Morgan fingerprint density at radius 1 is 1.30 bits per heavy atom. The average molecular weight is 470 g/mol. The SMILES string of the molecule is CC.Cn1nc([N-]Cc2ccc(C#N)cc2)c2c1C(=O)N(CC1(SCl)CC1)CC2.[K+]. The van der Waals surface area contributed by atoms with Crippen LogP contribution in [0.3, 0.4) is 0 Å². The molecule has 2 heterocycles. The van der Waals surface area contributed by atoms with E-state index in [0.717, 1.165) is 30.4 Å². The van der Waals surface area contributed by atoms with Crippen LogP contribution in [-0.2, 0) is 20.0 Å². The molecule has 0 atom stereocenters. The maximum absolute atomic E-state index is 13.0. The first-order valence-electron chi connectivity index (χ1n) is 9.87. The number of carbonyl (C=O) groups is 1. The van der Waals surface area contributed by atoms with Crippen molar-refractivity contribution in [2.45, 2.75) is 44.4 Å². The number of aryl methyl sites for hydroxylation is 1. The van der Waals surface area contributed by atoms with Gasteiger partial charge >= 0.3 is 51.4 Å². The van der Waals surface area contributed by atoms with Crippen LogP contribution in [0.2, 0.25) is 0 Å². The van der Waals surface area contributed by atoms with Crippen LogP contribution in [0.4, 0.5) is 5.82 Å². The largest absolute Gasteiger partial charge is 1.00 e. The van der Waals surface area contributed by atoms with Gasteiger partial charge in [-0.25, -0.2) is 0 Å². The number of hydrogen-bond donors (Lipinski definition) is 0. The second-order valence-corrected chi connectivity index (χ2v) is 8.62. The molecule has 1 fully saturated rings. The van der Waals surface area contributed by atoms with Crippen molar-refractivity contribution < 1.29 is 56.2 Å². The van der Waals surface area contributed by atoms with Gasteiger partial charge in [0.25, 0.3) is 5.91 Å². The van der Waals surface area contributed by atoms with E-state index < -0.39 is 0 Å². The molecule has 0 saturated heterocycles. The van der Waals surface area contributed by atoms with Gasteiger partial charge in [-0.05, 0) is 76.5 Å². The summed E-state index contributed by atoms with van der Waals surface area (Å²) < 4.78 is 1.69. The van der Waals surface area contributed by atoms with E-state index in [9.17, 15) is 4.79 Å². The number of fused-ring (bicyclic) bond motifs is 1. The third-order valence-corrected chi connectivity index (χ3v) is 7.04. The molecule has 4 rings (SSSR count). The summed E-state index contributed by atoms with van der Waals surface area (Å²) in [5.74, 6) is 0.653. The maximum atomic E-state index is 13.0. The summed E-state index contributed by atoms with van der Waals surface area (Å²) in [5, 5.41) is 18.0. The number of nitriles is 1. The minimum Gasteiger partial charge on any atom is -0.460 e. The van der Waals surface area contributed by atoms with E-state index in [1.807, 2.05) is 30.9 Å². The molecule has 0 N–H and O–H groups in total. The van der Waals surface area contributed by atoms with Gasteiger partial charge in [0.05, 0.1) is 11.6 Å². The molecular formula is C21H25ClKN5OS. The quantitative estimate of drug-likeness (QED) is 0.606. The fourth-order valence-corrected chi connectivity index (χ4v) is 4.50. The molecule has 0 unspecified atom stereocenters. The molecule has 0 radical (unpaired) electrons. The van der Waals surface area contributed by atoms with Crippen molar-refractivity contribution in [1.29, 1.82) is 5.26 Å². The molecule has 2 aliphatic rings. The Balaban J connectivity index is 0.00000104. The van der Waals surface area contributed by atoms with Gasteiger partial charge in [0.2, 0.25) is 0 Å². The topological polar surface area (TPSA) is 76.0 Å². The zero-order valence-electron chi connectivity index (χ0n) is 18.0. The van der Waals surface area contributed by atoms with Crippen molar-refractivity contribution in [3.63, 3.8) is 0 Å². The van der Waals surface area contributed by atoms with Gasteiger partial charge in [-0.1, -0.05) is 26.0 Å². The number of halogens is 1. The number of hydrogen-bond acceptors (Lipinski definition) is 4. The van der Waals surface area contributed by atoms with Crippen LogP contribution in [-0.4, -0.2) is 38.4 Å². The molecule has 1 aliphatic carbocycles. The van der Waals surface area contributed by atoms with Gasteiger partial charge in [-0.15, -0.1) is 0 Å². The third kappa shape index (κ3) is 5.63. The molecule has 30 heavy (non-hydrogen) atoms. The summed E-state index contributed by atoms with van der Waals surface area (Å²) in [5.41, 5.74) is 3.20. The molecule has 0 spiro atoms. The smallest absolute Gasteiger partial charge is 0.460 e. The first-order chi connectivity index (χ1) is 14.0. The molecule has 1 aromatic carbocycles. The van der Waals surface area contributed by atoms with Crippen molar-refractivity contribution in [1.82, 2.24) is 14.7 Å². The second kappa shape index (κ2) is 11.4. The average Bonchev–Trinajstić information content (AvgIpc) is 3.46. The summed E-state index contributed by atoms with van der Waals surface area (Å²) in [4.78, 5) is 14.9. The Labute approximate surface area is 229 Å². The van der Waals surface area contributed by atoms with Gasteiger partial charge in [0.1, 0.15) is 5.69 Å². The summed E-state index contributed by atoms with van der Waals surface area (Å²) in [7, 11) is 9.15. The van der Waals surface area contributed by atoms with Crippen molar-refractivity contribution in [3.05, 3.63) is 52.0 Å². The summed E-state index contributed by atoms with van der Waals surface area (Å²) in [6.45, 7) is 5.84. The fourth-order valence-electron chi connectivity index (χ4n) is 3.43. The van der Waals surface area contributed by atoms with Crippen molar-refractivity contribution in [2.24, 2.45) is 7.05 Å². The standard InChI is InChI=1S/C19H19ClN5OS.C2H6.K/c1-24-16-15(6-9-25(18(16)26)12-19(27-20)7-8-19)17(23-24)22-11-14-4-2-13(10-21)3-5-14;1-2;/h2-5H,6-9,11-12H2,1H3;1-2H3;/q-1;;+1. The van der Waals surface area contributed by atoms with E-state index in [0.29, 0.717) is 36.7 Å². The first kappa shape index (κ1) is 25.7. The Morgan fingerprint density at radius 2 is 1.97 bits per heavy atom. The molecule has 1 saturated carbocycles. The Hall–Kier alpha value is -0.534. The molecule has 1 aromatic heterocycles. The zero-order chi connectivity index (χ0) is 21.0. The van der Waals surface area contributed by atoms with Crippen LogP contribution in [0.15, 0.2) is 24.3 Å². The second-order valence-electron chi connectivity index (χ2n) is 7.14. The number of rotatable bonds is 6. The summed E-state index contributed by atoms with van der Waals surface area (Å²) >= 11 is 0. The van der Waals surface area contributed by atoms with Crippen molar-refractivity contribution in [3.8, 4) is 6.07 Å². The van der Waals surface area contributed by atoms with Gasteiger partial charge in [-0.3, -0.25) is 4.79 Å². The molecule has 0 bridgehead atoms. The minimum atomic E-state index is 0. The van der Waals surface area contributed by atoms with E-state index in [1.165, 1.54) is 11.0 Å². The van der Waals surface area contributed by atoms with Crippen LogP contribution >= 0.6 is 21.7 Å². The van der Waals surface area contributed by atoms with Crippen LogP contribution < -0.4 is 51.4 Å². The van der Waals surface area contributed by atoms with E-state index in [2.05, 4.69) is 16.5 Å². The fraction of sp³-hybridized carbons (Fsp3) is 0.476. The Morgan fingerprint density at radius 3 is 2.53 bits per heavy atom. The number of aromatic nitrogens is 2. The van der Waals surface area contributed by atoms with Crippen molar-refractivity contribution in [2.75, 3.05) is 13.1 Å². The van der Waals surface area contributed by atoms with Gasteiger partial charge in [-0.2, -0.15) is 5.26 Å². The van der Waals surface area contributed by atoms with E-state index in [4.69, 9.17) is 15.9 Å².